The van der Waals surface area contributed by atoms with Gasteiger partial charge in [0.15, 0.2) is 18.4 Å². The number of ketones is 1. The molecular weight excluding hydrogens is 680 g/mol. The molecule has 21 atom stereocenters. The summed E-state index contributed by atoms with van der Waals surface area (Å²) in [5.41, 5.74) is -0.117. The topological polar surface area (TPSA) is 214 Å². The molecule has 7 N–H and O–H groups in total. The molecule has 4 saturated heterocycles. The fraction of sp³-hybridized carbons (Fsp3) is 0.974. The van der Waals surface area contributed by atoms with Crippen LogP contribution in [0.15, 0.2) is 0 Å². The number of rotatable bonds is 6. The Morgan fingerprint density at radius 2 is 1.58 bits per heavy atom. The molecule has 14 heteroatoms. The van der Waals surface area contributed by atoms with E-state index in [1.165, 1.54) is 0 Å². The third kappa shape index (κ3) is 5.97. The van der Waals surface area contributed by atoms with E-state index < -0.39 is 67.2 Å². The zero-order chi connectivity index (χ0) is 36.9. The minimum Gasteiger partial charge on any atom is -0.396 e. The molecule has 0 aromatic heterocycles. The molecule has 0 amide bonds. The smallest absolute Gasteiger partial charge is 0.186 e. The molecule has 8 aliphatic rings. The van der Waals surface area contributed by atoms with E-state index in [2.05, 4.69) is 20.8 Å². The van der Waals surface area contributed by atoms with E-state index in [0.29, 0.717) is 49.5 Å². The Kier molecular flexibility index (Phi) is 10.2. The molecule has 0 bridgehead atoms. The van der Waals surface area contributed by atoms with E-state index in [0.717, 1.165) is 38.5 Å². The summed E-state index contributed by atoms with van der Waals surface area (Å²) >= 11 is 0. The average Bonchev–Trinajstić information content (AvgIpc) is 3.57. The lowest BCUT2D eigenvalue weighted by Gasteiger charge is -2.60. The van der Waals surface area contributed by atoms with Crippen LogP contribution < -0.4 is 0 Å². The van der Waals surface area contributed by atoms with Crippen molar-refractivity contribution >= 4 is 5.78 Å². The van der Waals surface area contributed by atoms with Crippen LogP contribution in [0.5, 0.6) is 0 Å². The van der Waals surface area contributed by atoms with Crippen molar-refractivity contribution in [3.63, 3.8) is 0 Å². The number of carbonyl (C=O) groups is 1. The molecule has 296 valence electrons. The van der Waals surface area contributed by atoms with Gasteiger partial charge < -0.3 is 64.2 Å². The van der Waals surface area contributed by atoms with Gasteiger partial charge in [-0.25, -0.2) is 0 Å². The van der Waals surface area contributed by atoms with Gasteiger partial charge in [-0.2, -0.15) is 0 Å². The Bertz CT molecular complexity index is 1310. The van der Waals surface area contributed by atoms with E-state index in [1.807, 2.05) is 0 Å². The summed E-state index contributed by atoms with van der Waals surface area (Å²) < 4.78 is 36.3. The van der Waals surface area contributed by atoms with Gasteiger partial charge in [0.05, 0.1) is 32.0 Å². The Labute approximate surface area is 305 Å². The molecule has 0 radical (unpaired) electrons. The zero-order valence-corrected chi connectivity index (χ0v) is 30.6. The maximum Gasteiger partial charge on any atom is 0.186 e. The molecule has 0 aromatic rings. The van der Waals surface area contributed by atoms with Crippen LogP contribution in [-0.4, -0.2) is 141 Å². The quantitative estimate of drug-likeness (QED) is 0.182. The molecule has 0 aromatic carbocycles. The van der Waals surface area contributed by atoms with E-state index in [4.69, 9.17) is 28.4 Å². The lowest BCUT2D eigenvalue weighted by atomic mass is 9.44. The molecule has 4 heterocycles. The Balaban J connectivity index is 0.906. The largest absolute Gasteiger partial charge is 0.396 e. The van der Waals surface area contributed by atoms with Crippen LogP contribution in [0.25, 0.3) is 0 Å². The van der Waals surface area contributed by atoms with Crippen LogP contribution in [0.4, 0.5) is 0 Å². The van der Waals surface area contributed by atoms with E-state index >= 15 is 0 Å². The molecule has 4 saturated carbocycles. The van der Waals surface area contributed by atoms with Crippen molar-refractivity contribution in [1.29, 1.82) is 0 Å². The van der Waals surface area contributed by atoms with Gasteiger partial charge >= 0.3 is 0 Å². The number of carbonyl (C=O) groups excluding carboxylic acids is 1. The van der Waals surface area contributed by atoms with Gasteiger partial charge in [0, 0.05) is 37.2 Å². The van der Waals surface area contributed by atoms with Crippen molar-refractivity contribution in [1.82, 2.24) is 0 Å². The van der Waals surface area contributed by atoms with Gasteiger partial charge in [-0.05, 0) is 79.4 Å². The molecule has 1 spiro atoms. The fourth-order valence-electron chi connectivity index (χ4n) is 12.7. The summed E-state index contributed by atoms with van der Waals surface area (Å²) in [6.45, 7) is 7.09. The van der Waals surface area contributed by atoms with Crippen LogP contribution in [0.2, 0.25) is 0 Å². The first-order valence-electron chi connectivity index (χ1n) is 19.8. The van der Waals surface area contributed by atoms with Crippen molar-refractivity contribution in [2.75, 3.05) is 26.4 Å². The normalized spacial score (nSPS) is 57.6. The van der Waals surface area contributed by atoms with Crippen LogP contribution in [0.3, 0.4) is 0 Å². The summed E-state index contributed by atoms with van der Waals surface area (Å²) in [6, 6.07) is 0. The number of hydrogen-bond acceptors (Lipinski definition) is 14. The monoisotopic (exact) mass is 740 g/mol. The second kappa shape index (κ2) is 14.0. The van der Waals surface area contributed by atoms with Crippen molar-refractivity contribution in [2.45, 2.75) is 152 Å². The standard InChI is InChI=1S/C38H60O14/c1-17-28-26(52-38(17)9-4-18(13-39)14-49-38)12-22-20-11-24(40)23-10-19(5-7-36(23,2)21(20)6-8-37(22,28)3)50-35-33(46)31(44)30(43)27(51-35)16-48-34-32(45)29(42)25(41)15-47-34/h17-23,25-35,39,41-46H,4-16H2,1-3H3. The summed E-state index contributed by atoms with van der Waals surface area (Å²) in [5, 5.41) is 71.8. The summed E-state index contributed by atoms with van der Waals surface area (Å²) in [5.74, 6) is 1.39. The van der Waals surface area contributed by atoms with Crippen molar-refractivity contribution in [3.05, 3.63) is 0 Å². The molecule has 8 fully saturated rings. The van der Waals surface area contributed by atoms with Gasteiger partial charge in [0.1, 0.15) is 48.5 Å². The highest BCUT2D eigenvalue weighted by atomic mass is 16.7. The van der Waals surface area contributed by atoms with E-state index in [1.54, 1.807) is 0 Å². The first kappa shape index (κ1) is 38.0. The second-order valence-electron chi connectivity index (χ2n) is 18.2. The number of Topliss-reactive ketones (excluding diaryl/α,β-unsaturated/α-hetero) is 1. The average molecular weight is 741 g/mol. The summed E-state index contributed by atoms with van der Waals surface area (Å²) in [6.07, 6.45) is -5.72. The van der Waals surface area contributed by atoms with Gasteiger partial charge in [0.25, 0.3) is 0 Å². The van der Waals surface area contributed by atoms with Crippen molar-refractivity contribution < 1.29 is 69.0 Å². The summed E-state index contributed by atoms with van der Waals surface area (Å²) in [4.78, 5) is 14.2. The number of fused-ring (bicyclic) bond motifs is 7. The number of aliphatic hydroxyl groups is 7. The Hall–Kier alpha value is -0.850. The van der Waals surface area contributed by atoms with Crippen molar-refractivity contribution in [2.24, 2.45) is 52.3 Å². The van der Waals surface area contributed by atoms with Crippen LogP contribution >= 0.6 is 0 Å². The van der Waals surface area contributed by atoms with Crippen molar-refractivity contribution in [3.8, 4) is 0 Å². The molecule has 14 nitrogen and oxygen atoms in total. The Morgan fingerprint density at radius 3 is 2.31 bits per heavy atom. The zero-order valence-electron chi connectivity index (χ0n) is 30.6. The van der Waals surface area contributed by atoms with Gasteiger partial charge in [-0.1, -0.05) is 20.8 Å². The highest BCUT2D eigenvalue weighted by Gasteiger charge is 2.70. The number of ether oxygens (including phenoxy) is 6. The minimum absolute atomic E-state index is 0.0676. The maximum atomic E-state index is 14.2. The van der Waals surface area contributed by atoms with Crippen LogP contribution in [0.1, 0.15) is 78.6 Å². The lowest BCUT2D eigenvalue weighted by Crippen LogP contribution is -2.61. The molecule has 4 aliphatic carbocycles. The minimum atomic E-state index is -1.60. The maximum absolute atomic E-state index is 14.2. The third-order valence-corrected chi connectivity index (χ3v) is 15.7. The van der Waals surface area contributed by atoms with E-state index in [9.17, 15) is 40.5 Å². The third-order valence-electron chi connectivity index (χ3n) is 15.7. The van der Waals surface area contributed by atoms with Crippen LogP contribution in [0, 0.1) is 52.3 Å². The lowest BCUT2D eigenvalue weighted by molar-refractivity contribution is -0.330. The fourth-order valence-corrected chi connectivity index (χ4v) is 12.7. The first-order valence-corrected chi connectivity index (χ1v) is 19.8. The summed E-state index contributed by atoms with van der Waals surface area (Å²) in [7, 11) is 0. The van der Waals surface area contributed by atoms with Crippen LogP contribution in [-0.2, 0) is 33.2 Å². The molecule has 52 heavy (non-hydrogen) atoms. The number of aliphatic hydroxyl groups excluding tert-OH is 7. The highest BCUT2D eigenvalue weighted by molar-refractivity contribution is 5.83. The van der Waals surface area contributed by atoms with Gasteiger partial charge in [0.2, 0.25) is 0 Å². The predicted molar refractivity (Wildman–Crippen MR) is 179 cm³/mol. The molecule has 8 rings (SSSR count). The SMILES string of the molecule is CC1C2C(CC3C4CC(=O)C5CC(OC6OC(COC7OCC(O)C(O)C7O)C(O)C(O)C6O)CCC5(C)C4CCC32C)OC12CCC(CO)CO2. The van der Waals surface area contributed by atoms with Gasteiger partial charge in [-0.3, -0.25) is 4.79 Å². The predicted octanol–water partition coefficient (Wildman–Crippen LogP) is 0.233. The first-order chi connectivity index (χ1) is 24.7. The number of hydrogen-bond donors (Lipinski definition) is 7. The van der Waals surface area contributed by atoms with E-state index in [-0.39, 0.29) is 60.3 Å². The second-order valence-corrected chi connectivity index (χ2v) is 18.2. The highest BCUT2D eigenvalue weighted by Crippen LogP contribution is 2.71. The molecule has 21 unspecified atom stereocenters. The van der Waals surface area contributed by atoms with Gasteiger partial charge in [-0.15, -0.1) is 0 Å². The Morgan fingerprint density at radius 1 is 0.827 bits per heavy atom. The molecule has 4 aliphatic heterocycles. The molecular formula is C38H60O14.